The second-order valence-electron chi connectivity index (χ2n) is 7.28. The van der Waals surface area contributed by atoms with Gasteiger partial charge in [0.25, 0.3) is 0 Å². The zero-order valence-electron chi connectivity index (χ0n) is 16.1. The minimum Gasteiger partial charge on any atom is -0.282 e. The summed E-state index contributed by atoms with van der Waals surface area (Å²) in [5.41, 5.74) is 3.21. The number of hydrogen-bond donors (Lipinski definition) is 1. The van der Waals surface area contributed by atoms with Crippen molar-refractivity contribution in [3.8, 4) is 11.3 Å². The van der Waals surface area contributed by atoms with Crippen molar-refractivity contribution >= 4 is 10.0 Å². The summed E-state index contributed by atoms with van der Waals surface area (Å²) >= 11 is 0. The molecule has 0 aliphatic heterocycles. The van der Waals surface area contributed by atoms with Crippen molar-refractivity contribution in [2.45, 2.75) is 46.0 Å². The van der Waals surface area contributed by atoms with E-state index in [-0.39, 0.29) is 5.75 Å². The highest BCUT2D eigenvalue weighted by molar-refractivity contribution is 7.89. The van der Waals surface area contributed by atoms with Crippen molar-refractivity contribution in [1.29, 1.82) is 0 Å². The fraction of sp³-hybridized carbons (Fsp3) is 0.550. The van der Waals surface area contributed by atoms with Gasteiger partial charge in [0.2, 0.25) is 10.0 Å². The fourth-order valence-electron chi connectivity index (χ4n) is 2.75. The Morgan fingerprint density at radius 1 is 1.12 bits per heavy atom. The molecule has 1 N–H and O–H groups in total. The molecule has 0 aliphatic carbocycles. The molecule has 144 valence electrons. The monoisotopic (exact) mass is 377 g/mol. The third kappa shape index (κ3) is 6.57. The largest absolute Gasteiger partial charge is 0.282 e. The Bertz CT molecular complexity index is 754. The molecule has 0 radical (unpaired) electrons. The van der Waals surface area contributed by atoms with E-state index in [1.54, 1.807) is 7.05 Å². The molecular formula is C20H31N3O2S. The molecule has 0 saturated heterocycles. The third-order valence-corrected chi connectivity index (χ3v) is 6.43. The van der Waals surface area contributed by atoms with E-state index in [0.717, 1.165) is 49.1 Å². The van der Waals surface area contributed by atoms with Gasteiger partial charge < -0.3 is 0 Å². The molecular weight excluding hydrogens is 346 g/mol. The molecule has 0 amide bonds. The lowest BCUT2D eigenvalue weighted by molar-refractivity contribution is 0.447. The minimum absolute atomic E-state index is 0.248. The number of aromatic amines is 1. The summed E-state index contributed by atoms with van der Waals surface area (Å²) in [5, 5.41) is 7.47. The molecule has 2 aromatic rings. The number of rotatable bonds is 11. The lowest BCUT2D eigenvalue weighted by Crippen LogP contribution is -2.30. The minimum atomic E-state index is -3.10. The van der Waals surface area contributed by atoms with Crippen LogP contribution in [0.25, 0.3) is 11.3 Å². The molecule has 6 heteroatoms. The molecule has 2 rings (SSSR count). The summed E-state index contributed by atoms with van der Waals surface area (Å²) in [5.74, 6) is 0.658. The SMILES string of the molecule is CC(C)CCS(=O)(=O)N(C)CCCCCc1cc(-c2ccccc2)n[nH]1. The first-order valence-electron chi connectivity index (χ1n) is 9.42. The van der Waals surface area contributed by atoms with Crippen LogP contribution in [0.15, 0.2) is 36.4 Å². The second kappa shape index (κ2) is 9.88. The smallest absolute Gasteiger partial charge is 0.213 e. The number of benzene rings is 1. The van der Waals surface area contributed by atoms with Crippen LogP contribution in [0.4, 0.5) is 0 Å². The van der Waals surface area contributed by atoms with Crippen molar-refractivity contribution in [3.63, 3.8) is 0 Å². The van der Waals surface area contributed by atoms with Gasteiger partial charge in [0.1, 0.15) is 0 Å². The van der Waals surface area contributed by atoms with Crippen molar-refractivity contribution < 1.29 is 8.42 Å². The first-order chi connectivity index (χ1) is 12.4. The summed E-state index contributed by atoms with van der Waals surface area (Å²) in [6.45, 7) is 4.70. The van der Waals surface area contributed by atoms with E-state index in [1.807, 2.05) is 32.0 Å². The van der Waals surface area contributed by atoms with Gasteiger partial charge >= 0.3 is 0 Å². The van der Waals surface area contributed by atoms with Crippen LogP contribution in [-0.4, -0.2) is 42.3 Å². The van der Waals surface area contributed by atoms with Crippen LogP contribution in [0.1, 0.15) is 45.2 Å². The van der Waals surface area contributed by atoms with Gasteiger partial charge in [-0.15, -0.1) is 0 Å². The number of H-pyrrole nitrogens is 1. The summed E-state index contributed by atoms with van der Waals surface area (Å²) in [6, 6.07) is 12.2. The van der Waals surface area contributed by atoms with Crippen molar-refractivity contribution in [2.75, 3.05) is 19.3 Å². The molecule has 1 heterocycles. The number of nitrogens with zero attached hydrogens (tertiary/aromatic N) is 2. The van der Waals surface area contributed by atoms with Crippen LogP contribution >= 0.6 is 0 Å². The van der Waals surface area contributed by atoms with Gasteiger partial charge in [-0.3, -0.25) is 5.10 Å². The van der Waals surface area contributed by atoms with Gasteiger partial charge in [0.05, 0.1) is 11.4 Å². The Labute approximate surface area is 157 Å². The van der Waals surface area contributed by atoms with Gasteiger partial charge in [-0.1, -0.05) is 50.6 Å². The lowest BCUT2D eigenvalue weighted by atomic mass is 10.1. The Kier molecular flexibility index (Phi) is 7.85. The molecule has 5 nitrogen and oxygen atoms in total. The normalized spacial score (nSPS) is 12.2. The van der Waals surface area contributed by atoms with Crippen molar-refractivity contribution in [2.24, 2.45) is 5.92 Å². The number of hydrogen-bond acceptors (Lipinski definition) is 3. The van der Waals surface area contributed by atoms with E-state index in [0.29, 0.717) is 12.5 Å². The summed E-state index contributed by atoms with van der Waals surface area (Å²) in [4.78, 5) is 0. The highest BCUT2D eigenvalue weighted by Crippen LogP contribution is 2.18. The quantitative estimate of drug-likeness (QED) is 0.600. The number of aromatic nitrogens is 2. The Morgan fingerprint density at radius 2 is 1.85 bits per heavy atom. The van der Waals surface area contributed by atoms with E-state index >= 15 is 0 Å². The average Bonchev–Trinajstić information content (AvgIpc) is 3.09. The first-order valence-corrected chi connectivity index (χ1v) is 11.0. The van der Waals surface area contributed by atoms with E-state index in [2.05, 4.69) is 28.4 Å². The zero-order valence-corrected chi connectivity index (χ0v) is 16.9. The van der Waals surface area contributed by atoms with Gasteiger partial charge in [-0.05, 0) is 37.7 Å². The highest BCUT2D eigenvalue weighted by atomic mass is 32.2. The maximum atomic E-state index is 12.2. The summed E-state index contributed by atoms with van der Waals surface area (Å²) in [7, 11) is -1.41. The summed E-state index contributed by atoms with van der Waals surface area (Å²) in [6.07, 6.45) is 4.57. The van der Waals surface area contributed by atoms with Gasteiger partial charge in [-0.2, -0.15) is 5.10 Å². The third-order valence-electron chi connectivity index (χ3n) is 4.55. The van der Waals surface area contributed by atoms with Crippen LogP contribution in [0.5, 0.6) is 0 Å². The number of unbranched alkanes of at least 4 members (excludes halogenated alkanes) is 2. The van der Waals surface area contributed by atoms with E-state index in [9.17, 15) is 8.42 Å². The van der Waals surface area contributed by atoms with Crippen LogP contribution in [-0.2, 0) is 16.4 Å². The van der Waals surface area contributed by atoms with Crippen LogP contribution < -0.4 is 0 Å². The topological polar surface area (TPSA) is 66.1 Å². The van der Waals surface area contributed by atoms with E-state index < -0.39 is 10.0 Å². The van der Waals surface area contributed by atoms with Crippen LogP contribution in [0.3, 0.4) is 0 Å². The molecule has 1 aromatic carbocycles. The molecule has 0 fully saturated rings. The molecule has 0 aliphatic rings. The van der Waals surface area contributed by atoms with Gasteiger partial charge in [-0.25, -0.2) is 12.7 Å². The van der Waals surface area contributed by atoms with Crippen molar-refractivity contribution in [1.82, 2.24) is 14.5 Å². The molecule has 0 saturated carbocycles. The van der Waals surface area contributed by atoms with Crippen LogP contribution in [0.2, 0.25) is 0 Å². The number of sulfonamides is 1. The number of aryl methyl sites for hydroxylation is 1. The fourth-order valence-corrected chi connectivity index (χ4v) is 4.24. The first kappa shape index (κ1) is 20.6. The van der Waals surface area contributed by atoms with E-state index in [1.165, 1.54) is 4.31 Å². The van der Waals surface area contributed by atoms with Gasteiger partial charge in [0.15, 0.2) is 0 Å². The Balaban J connectivity index is 1.69. The Hall–Kier alpha value is -1.66. The lowest BCUT2D eigenvalue weighted by Gasteiger charge is -2.17. The molecule has 26 heavy (non-hydrogen) atoms. The number of nitrogens with one attached hydrogen (secondary N) is 1. The molecule has 0 unspecified atom stereocenters. The van der Waals surface area contributed by atoms with E-state index in [4.69, 9.17) is 0 Å². The predicted octanol–water partition coefficient (Wildman–Crippen LogP) is 4.10. The van der Waals surface area contributed by atoms with Crippen molar-refractivity contribution in [3.05, 3.63) is 42.1 Å². The average molecular weight is 378 g/mol. The van der Waals surface area contributed by atoms with Crippen LogP contribution in [0, 0.1) is 5.92 Å². The maximum absolute atomic E-state index is 12.2. The molecule has 0 atom stereocenters. The summed E-state index contributed by atoms with van der Waals surface area (Å²) < 4.78 is 25.9. The van der Waals surface area contributed by atoms with Gasteiger partial charge in [0, 0.05) is 24.8 Å². The molecule has 0 spiro atoms. The maximum Gasteiger partial charge on any atom is 0.213 e. The zero-order chi connectivity index (χ0) is 19.0. The highest BCUT2D eigenvalue weighted by Gasteiger charge is 2.17. The predicted molar refractivity (Wildman–Crippen MR) is 107 cm³/mol. The molecule has 0 bridgehead atoms. The standard InChI is InChI=1S/C20H31N3O2S/c1-17(2)13-15-26(24,25)23(3)14-9-5-8-12-19-16-20(22-21-19)18-10-6-4-7-11-18/h4,6-7,10-11,16-17H,5,8-9,12-15H2,1-3H3,(H,21,22). The Morgan fingerprint density at radius 3 is 2.54 bits per heavy atom. The molecule has 1 aromatic heterocycles. The second-order valence-corrected chi connectivity index (χ2v) is 9.47.